The minimum atomic E-state index is -0.254. The first-order chi connectivity index (χ1) is 14.1. The summed E-state index contributed by atoms with van der Waals surface area (Å²) >= 11 is 0. The Morgan fingerprint density at radius 1 is 0.931 bits per heavy atom. The van der Waals surface area contributed by atoms with Gasteiger partial charge in [0.1, 0.15) is 5.75 Å². The number of aryl methyl sites for hydroxylation is 1. The van der Waals surface area contributed by atoms with E-state index in [1.165, 1.54) is 4.57 Å². The van der Waals surface area contributed by atoms with Crippen LogP contribution in [0.1, 0.15) is 6.42 Å². The standard InChI is InChI=1S/C22H21N3O4/c1-28-13-5-10-24-11-8-17-15(21(24)26)14-16-18(23-17)9-12-25(22(16)27)19-6-3-4-7-20(19)29-2/h3-4,6-9,11-12,14H,5,10,13H2,1-2H3. The van der Waals surface area contributed by atoms with Crippen LogP contribution >= 0.6 is 0 Å². The molecule has 4 rings (SSSR count). The van der Waals surface area contributed by atoms with Gasteiger partial charge in [0.05, 0.1) is 34.6 Å². The first-order valence-corrected chi connectivity index (χ1v) is 9.32. The second-order valence-electron chi connectivity index (χ2n) is 6.68. The fraction of sp³-hybridized carbons (Fsp3) is 0.227. The molecule has 0 bridgehead atoms. The van der Waals surface area contributed by atoms with Crippen LogP contribution in [0.5, 0.6) is 5.75 Å². The van der Waals surface area contributed by atoms with Crippen molar-refractivity contribution < 1.29 is 9.47 Å². The van der Waals surface area contributed by atoms with E-state index in [4.69, 9.17) is 9.47 Å². The highest BCUT2D eigenvalue weighted by molar-refractivity contribution is 5.91. The Balaban J connectivity index is 1.90. The Hall–Kier alpha value is -3.45. The molecule has 0 aliphatic carbocycles. The van der Waals surface area contributed by atoms with E-state index in [0.29, 0.717) is 46.4 Å². The summed E-state index contributed by atoms with van der Waals surface area (Å²) in [5.74, 6) is 0.586. The number of rotatable bonds is 6. The predicted octanol–water partition coefficient (Wildman–Crippen LogP) is 2.75. The van der Waals surface area contributed by atoms with Gasteiger partial charge >= 0.3 is 0 Å². The Morgan fingerprint density at radius 2 is 1.66 bits per heavy atom. The lowest BCUT2D eigenvalue weighted by molar-refractivity contribution is 0.190. The third-order valence-electron chi connectivity index (χ3n) is 4.91. The number of nitrogens with zero attached hydrogens (tertiary/aromatic N) is 3. The van der Waals surface area contributed by atoms with E-state index in [1.54, 1.807) is 55.4 Å². The van der Waals surface area contributed by atoms with Gasteiger partial charge in [-0.2, -0.15) is 0 Å². The molecule has 7 heteroatoms. The lowest BCUT2D eigenvalue weighted by Gasteiger charge is -2.12. The highest BCUT2D eigenvalue weighted by atomic mass is 16.5. The van der Waals surface area contributed by atoms with E-state index in [1.807, 2.05) is 18.2 Å². The second kappa shape index (κ2) is 7.89. The number of methoxy groups -OCH3 is 2. The molecule has 0 aliphatic heterocycles. The molecule has 29 heavy (non-hydrogen) atoms. The van der Waals surface area contributed by atoms with Crippen molar-refractivity contribution in [3.05, 3.63) is 75.6 Å². The molecular formula is C22H21N3O4. The predicted molar refractivity (Wildman–Crippen MR) is 112 cm³/mol. The Labute approximate surface area is 166 Å². The fourth-order valence-corrected chi connectivity index (χ4v) is 3.44. The van der Waals surface area contributed by atoms with Crippen molar-refractivity contribution in [1.82, 2.24) is 14.1 Å². The van der Waals surface area contributed by atoms with Crippen LogP contribution in [0.4, 0.5) is 0 Å². The van der Waals surface area contributed by atoms with Crippen LogP contribution in [0.15, 0.2) is 64.4 Å². The van der Waals surface area contributed by atoms with E-state index in [0.717, 1.165) is 6.42 Å². The molecule has 148 valence electrons. The highest BCUT2D eigenvalue weighted by Gasteiger charge is 2.12. The van der Waals surface area contributed by atoms with Gasteiger partial charge in [0.15, 0.2) is 0 Å². The number of ether oxygens (including phenoxy) is 2. The Kier molecular flexibility index (Phi) is 5.14. The van der Waals surface area contributed by atoms with Crippen molar-refractivity contribution in [1.29, 1.82) is 0 Å². The molecule has 0 aliphatic rings. The SMILES string of the molecule is COCCCn1ccc2nc3ccn(-c4ccccc4OC)c(=O)c3cc2c1=O. The average molecular weight is 391 g/mol. The first kappa shape index (κ1) is 18.9. The van der Waals surface area contributed by atoms with E-state index in [9.17, 15) is 9.59 Å². The third kappa shape index (κ3) is 3.40. The summed E-state index contributed by atoms with van der Waals surface area (Å²) in [4.78, 5) is 30.6. The lowest BCUT2D eigenvalue weighted by atomic mass is 10.2. The maximum absolute atomic E-state index is 13.2. The van der Waals surface area contributed by atoms with Gasteiger partial charge in [0.25, 0.3) is 11.1 Å². The minimum Gasteiger partial charge on any atom is -0.495 e. The van der Waals surface area contributed by atoms with Crippen LogP contribution in [-0.2, 0) is 11.3 Å². The molecule has 0 spiro atoms. The summed E-state index contributed by atoms with van der Waals surface area (Å²) in [6.45, 7) is 1.12. The van der Waals surface area contributed by atoms with Crippen LogP contribution in [-0.4, -0.2) is 34.9 Å². The van der Waals surface area contributed by atoms with Crippen molar-refractivity contribution >= 4 is 21.8 Å². The summed E-state index contributed by atoms with van der Waals surface area (Å²) in [6, 6.07) is 12.5. The molecular weight excluding hydrogens is 370 g/mol. The van der Waals surface area contributed by atoms with Crippen LogP contribution in [0.3, 0.4) is 0 Å². The van der Waals surface area contributed by atoms with Crippen molar-refractivity contribution in [3.63, 3.8) is 0 Å². The smallest absolute Gasteiger partial charge is 0.264 e. The normalized spacial score (nSPS) is 11.2. The quantitative estimate of drug-likeness (QED) is 0.373. The van der Waals surface area contributed by atoms with Crippen molar-refractivity contribution in [2.75, 3.05) is 20.8 Å². The van der Waals surface area contributed by atoms with Crippen molar-refractivity contribution in [2.24, 2.45) is 0 Å². The molecule has 7 nitrogen and oxygen atoms in total. The average Bonchev–Trinajstić information content (AvgIpc) is 2.75. The number of para-hydroxylation sites is 2. The lowest BCUT2D eigenvalue weighted by Crippen LogP contribution is -2.22. The van der Waals surface area contributed by atoms with Crippen LogP contribution in [0, 0.1) is 0 Å². The minimum absolute atomic E-state index is 0.167. The fourth-order valence-electron chi connectivity index (χ4n) is 3.44. The summed E-state index contributed by atoms with van der Waals surface area (Å²) < 4.78 is 13.6. The van der Waals surface area contributed by atoms with E-state index in [2.05, 4.69) is 4.98 Å². The van der Waals surface area contributed by atoms with Gasteiger partial charge in [-0.05, 0) is 36.8 Å². The third-order valence-corrected chi connectivity index (χ3v) is 4.91. The van der Waals surface area contributed by atoms with Gasteiger partial charge in [0.2, 0.25) is 0 Å². The Morgan fingerprint density at radius 3 is 2.41 bits per heavy atom. The zero-order valence-electron chi connectivity index (χ0n) is 16.3. The highest BCUT2D eigenvalue weighted by Crippen LogP contribution is 2.22. The van der Waals surface area contributed by atoms with Crippen molar-refractivity contribution in [2.45, 2.75) is 13.0 Å². The van der Waals surface area contributed by atoms with E-state index in [-0.39, 0.29) is 11.1 Å². The zero-order valence-corrected chi connectivity index (χ0v) is 16.3. The van der Waals surface area contributed by atoms with Crippen LogP contribution in [0.2, 0.25) is 0 Å². The van der Waals surface area contributed by atoms with Crippen LogP contribution in [0.25, 0.3) is 27.5 Å². The molecule has 0 N–H and O–H groups in total. The number of hydrogen-bond donors (Lipinski definition) is 0. The molecule has 0 unspecified atom stereocenters. The number of pyridine rings is 3. The second-order valence-corrected chi connectivity index (χ2v) is 6.68. The zero-order chi connectivity index (χ0) is 20.4. The molecule has 0 amide bonds. The summed E-state index contributed by atoms with van der Waals surface area (Å²) in [5, 5.41) is 0.810. The van der Waals surface area contributed by atoms with Gasteiger partial charge < -0.3 is 14.0 Å². The number of hydrogen-bond acceptors (Lipinski definition) is 5. The van der Waals surface area contributed by atoms with Gasteiger partial charge in [-0.25, -0.2) is 4.98 Å². The largest absolute Gasteiger partial charge is 0.495 e. The molecule has 3 heterocycles. The monoisotopic (exact) mass is 391 g/mol. The van der Waals surface area contributed by atoms with Gasteiger partial charge in [0, 0.05) is 32.7 Å². The van der Waals surface area contributed by atoms with Crippen LogP contribution < -0.4 is 15.9 Å². The molecule has 1 aromatic carbocycles. The summed E-state index contributed by atoms with van der Waals surface area (Å²) in [6.07, 6.45) is 4.13. The summed E-state index contributed by atoms with van der Waals surface area (Å²) in [7, 11) is 3.19. The van der Waals surface area contributed by atoms with E-state index >= 15 is 0 Å². The summed E-state index contributed by atoms with van der Waals surface area (Å²) in [5.41, 5.74) is 1.33. The van der Waals surface area contributed by atoms with Gasteiger partial charge in [-0.15, -0.1) is 0 Å². The molecule has 4 aromatic rings. The number of benzene rings is 1. The first-order valence-electron chi connectivity index (χ1n) is 9.32. The maximum atomic E-state index is 13.2. The molecule has 0 saturated carbocycles. The van der Waals surface area contributed by atoms with Gasteiger partial charge in [-0.3, -0.25) is 14.2 Å². The molecule has 3 aromatic heterocycles. The maximum Gasteiger partial charge on any atom is 0.264 e. The number of aromatic nitrogens is 3. The molecule has 0 saturated heterocycles. The van der Waals surface area contributed by atoms with E-state index < -0.39 is 0 Å². The molecule has 0 radical (unpaired) electrons. The van der Waals surface area contributed by atoms with Gasteiger partial charge in [-0.1, -0.05) is 12.1 Å². The Bertz CT molecular complexity index is 1310. The number of fused-ring (bicyclic) bond motifs is 2. The topological polar surface area (TPSA) is 75.3 Å². The molecule has 0 fully saturated rings. The van der Waals surface area contributed by atoms with Crippen molar-refractivity contribution in [3.8, 4) is 11.4 Å². The molecule has 0 atom stereocenters.